The summed E-state index contributed by atoms with van der Waals surface area (Å²) < 4.78 is 26.8. The van der Waals surface area contributed by atoms with E-state index in [0.717, 1.165) is 13.0 Å². The maximum Gasteiger partial charge on any atom is 0.243 e. The molecule has 0 aliphatic carbocycles. The van der Waals surface area contributed by atoms with E-state index in [1.807, 2.05) is 13.8 Å². The van der Waals surface area contributed by atoms with Crippen molar-refractivity contribution < 1.29 is 13.2 Å². The molecule has 0 bridgehead atoms. The number of nitrogens with zero attached hydrogens (tertiary/aromatic N) is 1. The Kier molecular flexibility index (Phi) is 5.78. The topological polar surface area (TPSA) is 78.5 Å². The van der Waals surface area contributed by atoms with Crippen molar-refractivity contribution in [3.8, 4) is 0 Å². The lowest BCUT2D eigenvalue weighted by Crippen LogP contribution is -2.31. The molecule has 1 saturated heterocycles. The van der Waals surface area contributed by atoms with E-state index in [9.17, 15) is 13.2 Å². The zero-order valence-corrected chi connectivity index (χ0v) is 14.7. The van der Waals surface area contributed by atoms with Gasteiger partial charge in [-0.1, -0.05) is 19.9 Å². The van der Waals surface area contributed by atoms with Crippen LogP contribution in [0.3, 0.4) is 0 Å². The van der Waals surface area contributed by atoms with Crippen molar-refractivity contribution in [2.24, 2.45) is 5.92 Å². The fourth-order valence-electron chi connectivity index (χ4n) is 2.78. The van der Waals surface area contributed by atoms with Crippen LogP contribution >= 0.6 is 0 Å². The molecule has 1 aromatic carbocycles. The number of benzene rings is 1. The molecule has 23 heavy (non-hydrogen) atoms. The molecule has 7 heteroatoms. The molecule has 2 N–H and O–H groups in total. The maximum atomic E-state index is 12.7. The van der Waals surface area contributed by atoms with E-state index in [0.29, 0.717) is 30.9 Å². The summed E-state index contributed by atoms with van der Waals surface area (Å²) in [7, 11) is -3.54. The SMILES string of the molecule is CCN(CC)S(=O)(=O)c1cc(NC(=O)C2CCNC2)ccc1C. The first-order valence-electron chi connectivity index (χ1n) is 8.02. The number of aryl methyl sites for hydroxylation is 1. The molecule has 128 valence electrons. The van der Waals surface area contributed by atoms with Gasteiger partial charge in [-0.2, -0.15) is 4.31 Å². The van der Waals surface area contributed by atoms with Crippen molar-refractivity contribution in [1.82, 2.24) is 9.62 Å². The summed E-state index contributed by atoms with van der Waals surface area (Å²) in [6, 6.07) is 5.04. The van der Waals surface area contributed by atoms with Crippen LogP contribution in [0.15, 0.2) is 23.1 Å². The van der Waals surface area contributed by atoms with Crippen LogP contribution in [0.25, 0.3) is 0 Å². The number of rotatable bonds is 6. The second-order valence-electron chi connectivity index (χ2n) is 5.75. The van der Waals surface area contributed by atoms with Gasteiger partial charge in [0.2, 0.25) is 15.9 Å². The summed E-state index contributed by atoms with van der Waals surface area (Å²) in [5, 5.41) is 5.99. The zero-order valence-electron chi connectivity index (χ0n) is 13.9. The Morgan fingerprint density at radius 1 is 1.35 bits per heavy atom. The van der Waals surface area contributed by atoms with Gasteiger partial charge >= 0.3 is 0 Å². The van der Waals surface area contributed by atoms with Crippen LogP contribution in [0.2, 0.25) is 0 Å². The van der Waals surface area contributed by atoms with Gasteiger partial charge in [0, 0.05) is 25.3 Å². The number of anilines is 1. The highest BCUT2D eigenvalue weighted by Crippen LogP contribution is 2.24. The average Bonchev–Trinajstić information content (AvgIpc) is 3.04. The third-order valence-corrected chi connectivity index (χ3v) is 6.40. The largest absolute Gasteiger partial charge is 0.326 e. The minimum Gasteiger partial charge on any atom is -0.326 e. The fourth-order valence-corrected chi connectivity index (χ4v) is 4.49. The molecule has 0 radical (unpaired) electrons. The number of sulfonamides is 1. The predicted octanol–water partition coefficient (Wildman–Crippen LogP) is 1.57. The summed E-state index contributed by atoms with van der Waals surface area (Å²) in [5.74, 6) is -0.121. The van der Waals surface area contributed by atoms with Gasteiger partial charge in [0.1, 0.15) is 0 Å². The molecule has 1 aliphatic rings. The zero-order chi connectivity index (χ0) is 17.0. The van der Waals surface area contributed by atoms with Crippen molar-refractivity contribution in [2.75, 3.05) is 31.5 Å². The third kappa shape index (κ3) is 3.91. The van der Waals surface area contributed by atoms with Crippen LogP contribution in [0.1, 0.15) is 25.8 Å². The molecule has 1 atom stereocenters. The van der Waals surface area contributed by atoms with Crippen molar-refractivity contribution in [2.45, 2.75) is 32.1 Å². The highest BCUT2D eigenvalue weighted by atomic mass is 32.2. The van der Waals surface area contributed by atoms with Crippen LogP contribution in [-0.2, 0) is 14.8 Å². The molecule has 1 unspecified atom stereocenters. The van der Waals surface area contributed by atoms with E-state index >= 15 is 0 Å². The highest BCUT2D eigenvalue weighted by molar-refractivity contribution is 7.89. The Balaban J connectivity index is 2.26. The molecule has 0 spiro atoms. The summed E-state index contributed by atoms with van der Waals surface area (Å²) in [6.07, 6.45) is 0.808. The molecule has 1 fully saturated rings. The number of amides is 1. The average molecular weight is 339 g/mol. The van der Waals surface area contributed by atoms with E-state index < -0.39 is 10.0 Å². The van der Waals surface area contributed by atoms with E-state index in [2.05, 4.69) is 10.6 Å². The lowest BCUT2D eigenvalue weighted by atomic mass is 10.1. The Labute approximate surface area is 138 Å². The minimum absolute atomic E-state index is 0.0563. The quantitative estimate of drug-likeness (QED) is 0.825. The van der Waals surface area contributed by atoms with Gasteiger partial charge in [0.05, 0.1) is 10.8 Å². The Morgan fingerprint density at radius 3 is 2.61 bits per heavy atom. The van der Waals surface area contributed by atoms with Gasteiger partial charge in [-0.15, -0.1) is 0 Å². The van der Waals surface area contributed by atoms with Crippen LogP contribution in [0, 0.1) is 12.8 Å². The lowest BCUT2D eigenvalue weighted by molar-refractivity contribution is -0.119. The Bertz CT molecular complexity index is 663. The van der Waals surface area contributed by atoms with E-state index in [1.54, 1.807) is 25.1 Å². The second-order valence-corrected chi connectivity index (χ2v) is 7.65. The summed E-state index contributed by atoms with van der Waals surface area (Å²) >= 11 is 0. The number of hydrogen-bond acceptors (Lipinski definition) is 4. The smallest absolute Gasteiger partial charge is 0.243 e. The molecular formula is C16H25N3O3S. The van der Waals surface area contributed by atoms with Crippen molar-refractivity contribution in [3.05, 3.63) is 23.8 Å². The standard InChI is InChI=1S/C16H25N3O3S/c1-4-19(5-2)23(21,22)15-10-14(7-6-12(15)3)18-16(20)13-8-9-17-11-13/h6-7,10,13,17H,4-5,8-9,11H2,1-3H3,(H,18,20). The number of nitrogens with one attached hydrogen (secondary N) is 2. The van der Waals surface area contributed by atoms with Crippen molar-refractivity contribution in [1.29, 1.82) is 0 Å². The fraction of sp³-hybridized carbons (Fsp3) is 0.562. The van der Waals surface area contributed by atoms with E-state index in [4.69, 9.17) is 0 Å². The third-order valence-electron chi connectivity index (χ3n) is 4.21. The normalized spacial score (nSPS) is 18.3. The summed E-state index contributed by atoms with van der Waals surface area (Å²) in [4.78, 5) is 12.4. The van der Waals surface area contributed by atoms with Crippen LogP contribution in [0.5, 0.6) is 0 Å². The summed E-state index contributed by atoms with van der Waals surface area (Å²) in [5.41, 5.74) is 1.20. The van der Waals surface area contributed by atoms with Gasteiger partial charge < -0.3 is 10.6 Å². The maximum absolute atomic E-state index is 12.7. The van der Waals surface area contributed by atoms with Crippen LogP contribution in [-0.4, -0.2) is 44.8 Å². The van der Waals surface area contributed by atoms with Gasteiger partial charge in [-0.3, -0.25) is 4.79 Å². The number of carbonyl (C=O) groups is 1. The van der Waals surface area contributed by atoms with Crippen molar-refractivity contribution >= 4 is 21.6 Å². The highest BCUT2D eigenvalue weighted by Gasteiger charge is 2.25. The van der Waals surface area contributed by atoms with E-state index in [1.165, 1.54) is 4.31 Å². The second kappa shape index (κ2) is 7.42. The van der Waals surface area contributed by atoms with Gasteiger partial charge in [-0.25, -0.2) is 8.42 Å². The lowest BCUT2D eigenvalue weighted by Gasteiger charge is -2.20. The van der Waals surface area contributed by atoms with Crippen LogP contribution < -0.4 is 10.6 Å². The van der Waals surface area contributed by atoms with Gasteiger partial charge in [-0.05, 0) is 37.6 Å². The number of hydrogen-bond donors (Lipinski definition) is 2. The monoisotopic (exact) mass is 339 g/mol. The van der Waals surface area contributed by atoms with Gasteiger partial charge in [0.25, 0.3) is 0 Å². The van der Waals surface area contributed by atoms with E-state index in [-0.39, 0.29) is 16.7 Å². The Morgan fingerprint density at radius 2 is 2.04 bits per heavy atom. The Hall–Kier alpha value is -1.44. The first-order chi connectivity index (χ1) is 10.9. The molecule has 2 rings (SSSR count). The minimum atomic E-state index is -3.54. The molecule has 0 saturated carbocycles. The molecule has 0 aromatic heterocycles. The summed E-state index contributed by atoms with van der Waals surface area (Å²) in [6.45, 7) is 7.74. The van der Waals surface area contributed by atoms with Crippen molar-refractivity contribution in [3.63, 3.8) is 0 Å². The molecule has 1 amide bonds. The van der Waals surface area contributed by atoms with Gasteiger partial charge in [0.15, 0.2) is 0 Å². The molecular weight excluding hydrogens is 314 g/mol. The first kappa shape index (κ1) is 17.9. The first-order valence-corrected chi connectivity index (χ1v) is 9.46. The molecule has 1 aliphatic heterocycles. The molecule has 6 nitrogen and oxygen atoms in total. The predicted molar refractivity (Wildman–Crippen MR) is 90.9 cm³/mol. The van der Waals surface area contributed by atoms with Crippen LogP contribution in [0.4, 0.5) is 5.69 Å². The molecule has 1 aromatic rings. The number of carbonyl (C=O) groups excluding carboxylic acids is 1. The molecule has 1 heterocycles.